The van der Waals surface area contributed by atoms with E-state index in [0.29, 0.717) is 23.6 Å². The maximum atomic E-state index is 10.2. The van der Waals surface area contributed by atoms with Crippen LogP contribution in [0.2, 0.25) is 0 Å². The van der Waals surface area contributed by atoms with Crippen LogP contribution in [0.25, 0.3) is 0 Å². The van der Waals surface area contributed by atoms with Crippen molar-refractivity contribution in [2.75, 3.05) is 5.73 Å². The van der Waals surface area contributed by atoms with E-state index in [1.54, 1.807) is 24.1 Å². The number of aliphatic hydroxyl groups is 1. The molecule has 2 heterocycles. The van der Waals surface area contributed by atoms with E-state index in [9.17, 15) is 5.11 Å². The summed E-state index contributed by atoms with van der Waals surface area (Å²) in [6.07, 6.45) is 3.19. The maximum absolute atomic E-state index is 10.2. The van der Waals surface area contributed by atoms with Crippen LogP contribution in [0.1, 0.15) is 30.7 Å². The highest BCUT2D eigenvalue weighted by atomic mass is 16.3. The van der Waals surface area contributed by atoms with Crippen LogP contribution in [-0.2, 0) is 13.6 Å². The van der Waals surface area contributed by atoms with E-state index in [-0.39, 0.29) is 0 Å². The lowest BCUT2D eigenvalue weighted by Gasteiger charge is -2.11. The highest BCUT2D eigenvalue weighted by Gasteiger charge is 2.20. The number of hydrogen-bond acceptors (Lipinski definition) is 5. The van der Waals surface area contributed by atoms with Crippen LogP contribution in [0, 0.1) is 0 Å². The van der Waals surface area contributed by atoms with Crippen LogP contribution < -0.4 is 5.73 Å². The smallest absolute Gasteiger partial charge is 0.127 e. The first-order chi connectivity index (χ1) is 8.15. The van der Waals surface area contributed by atoms with E-state index in [1.807, 2.05) is 6.92 Å². The van der Waals surface area contributed by atoms with Crippen molar-refractivity contribution in [2.24, 2.45) is 7.05 Å². The number of nitrogens with two attached hydrogens (primary N) is 1. The lowest BCUT2D eigenvalue weighted by atomic mass is 10.1. The molecule has 1 atom stereocenters. The molecule has 92 valence electrons. The molecule has 0 spiro atoms. The zero-order valence-electron chi connectivity index (χ0n) is 9.91. The van der Waals surface area contributed by atoms with Crippen LogP contribution in [-0.4, -0.2) is 29.9 Å². The Morgan fingerprint density at radius 3 is 2.82 bits per heavy atom. The van der Waals surface area contributed by atoms with Crippen molar-refractivity contribution >= 4 is 5.82 Å². The van der Waals surface area contributed by atoms with Gasteiger partial charge >= 0.3 is 0 Å². The second-order valence-corrected chi connectivity index (χ2v) is 3.89. The lowest BCUT2D eigenvalue weighted by molar-refractivity contribution is 0.208. The number of aliphatic hydroxyl groups excluding tert-OH is 1. The van der Waals surface area contributed by atoms with Gasteiger partial charge in [-0.05, 0) is 6.42 Å². The molecule has 2 rings (SSSR count). The molecule has 0 bridgehead atoms. The van der Waals surface area contributed by atoms with E-state index < -0.39 is 6.10 Å². The van der Waals surface area contributed by atoms with Gasteiger partial charge in [0, 0.05) is 19.2 Å². The number of rotatable bonds is 4. The summed E-state index contributed by atoms with van der Waals surface area (Å²) in [5, 5.41) is 22.0. The Kier molecular flexibility index (Phi) is 3.10. The van der Waals surface area contributed by atoms with Gasteiger partial charge in [0.05, 0.1) is 18.1 Å². The van der Waals surface area contributed by atoms with Gasteiger partial charge in [0.1, 0.15) is 11.9 Å². The van der Waals surface area contributed by atoms with Gasteiger partial charge in [-0.25, -0.2) is 4.68 Å². The Bertz CT molecular complexity index is 503. The number of nitrogens with zero attached hydrogens (tertiary/aromatic N) is 5. The number of nitrogen functional groups attached to an aromatic ring is 1. The molecule has 7 nitrogen and oxygen atoms in total. The van der Waals surface area contributed by atoms with Crippen LogP contribution >= 0.6 is 0 Å². The van der Waals surface area contributed by atoms with Crippen LogP contribution in [0.15, 0.2) is 12.4 Å². The maximum Gasteiger partial charge on any atom is 0.127 e. The number of anilines is 1. The molecule has 7 heteroatoms. The zero-order chi connectivity index (χ0) is 12.4. The quantitative estimate of drug-likeness (QED) is 0.784. The van der Waals surface area contributed by atoms with Gasteiger partial charge in [-0.2, -0.15) is 5.10 Å². The van der Waals surface area contributed by atoms with Crippen molar-refractivity contribution in [3.05, 3.63) is 23.7 Å². The minimum atomic E-state index is -0.842. The highest BCUT2D eigenvalue weighted by Crippen LogP contribution is 2.25. The average Bonchev–Trinajstić information content (AvgIpc) is 2.88. The summed E-state index contributed by atoms with van der Waals surface area (Å²) in [7, 11) is 1.73. The van der Waals surface area contributed by atoms with E-state index in [2.05, 4.69) is 15.4 Å². The topological polar surface area (TPSA) is 94.8 Å². The summed E-state index contributed by atoms with van der Waals surface area (Å²) < 4.78 is 3.20. The third kappa shape index (κ3) is 2.01. The van der Waals surface area contributed by atoms with Gasteiger partial charge in [0.15, 0.2) is 0 Å². The molecule has 2 aromatic rings. The fraction of sp³-hybridized carbons (Fsp3) is 0.500. The monoisotopic (exact) mass is 236 g/mol. The van der Waals surface area contributed by atoms with Crippen LogP contribution in [0.5, 0.6) is 0 Å². The van der Waals surface area contributed by atoms with E-state index >= 15 is 0 Å². The summed E-state index contributed by atoms with van der Waals surface area (Å²) in [6, 6.07) is 0. The molecular weight excluding hydrogens is 220 g/mol. The summed E-state index contributed by atoms with van der Waals surface area (Å²) >= 11 is 0. The Morgan fingerprint density at radius 1 is 1.47 bits per heavy atom. The van der Waals surface area contributed by atoms with Crippen molar-refractivity contribution in [1.82, 2.24) is 24.8 Å². The molecule has 0 aromatic carbocycles. The lowest BCUT2D eigenvalue weighted by Crippen LogP contribution is -2.11. The molecule has 1 unspecified atom stereocenters. The normalized spacial score (nSPS) is 12.9. The molecule has 0 fully saturated rings. The van der Waals surface area contributed by atoms with Crippen molar-refractivity contribution < 1.29 is 5.11 Å². The molecule has 0 aliphatic carbocycles. The second kappa shape index (κ2) is 4.54. The van der Waals surface area contributed by atoms with Gasteiger partial charge in [0.2, 0.25) is 0 Å². The summed E-state index contributed by atoms with van der Waals surface area (Å²) in [5.41, 5.74) is 7.03. The fourth-order valence-electron chi connectivity index (χ4n) is 1.70. The van der Waals surface area contributed by atoms with Crippen molar-refractivity contribution in [2.45, 2.75) is 26.0 Å². The zero-order valence-corrected chi connectivity index (χ0v) is 9.91. The minimum Gasteiger partial charge on any atom is -0.384 e. The van der Waals surface area contributed by atoms with E-state index in [0.717, 1.165) is 6.42 Å². The first kappa shape index (κ1) is 11.6. The minimum absolute atomic E-state index is 0.446. The highest BCUT2D eigenvalue weighted by molar-refractivity contribution is 5.42. The van der Waals surface area contributed by atoms with Crippen LogP contribution in [0.4, 0.5) is 5.82 Å². The molecule has 0 saturated heterocycles. The van der Waals surface area contributed by atoms with Crippen molar-refractivity contribution in [3.8, 4) is 0 Å². The number of aromatic nitrogens is 5. The van der Waals surface area contributed by atoms with Gasteiger partial charge in [0.25, 0.3) is 0 Å². The van der Waals surface area contributed by atoms with E-state index in [1.165, 1.54) is 4.68 Å². The Labute approximate surface area is 98.8 Å². The molecule has 0 amide bonds. The van der Waals surface area contributed by atoms with Gasteiger partial charge in [-0.15, -0.1) is 5.10 Å². The number of hydrogen-bond donors (Lipinski definition) is 2. The summed E-state index contributed by atoms with van der Waals surface area (Å²) in [5.74, 6) is 0.446. The molecule has 0 aliphatic rings. The largest absolute Gasteiger partial charge is 0.384 e. The van der Waals surface area contributed by atoms with E-state index in [4.69, 9.17) is 5.73 Å². The first-order valence-electron chi connectivity index (χ1n) is 5.49. The van der Waals surface area contributed by atoms with Crippen molar-refractivity contribution in [1.29, 1.82) is 0 Å². The molecule has 0 aliphatic heterocycles. The molecule has 0 saturated carbocycles. The standard InChI is InChI=1S/C10H16N6O/c1-3-4-16-8(6-12-14-16)9(17)7-5-13-15(2)10(7)11/h5-6,9,17H,3-4,11H2,1-2H3. The Morgan fingerprint density at radius 2 is 2.24 bits per heavy atom. The molecule has 3 N–H and O–H groups in total. The molecular formula is C10H16N6O. The van der Waals surface area contributed by atoms with Gasteiger partial charge < -0.3 is 10.8 Å². The van der Waals surface area contributed by atoms with Crippen LogP contribution in [0.3, 0.4) is 0 Å². The Balaban J connectivity index is 2.33. The summed E-state index contributed by atoms with van der Waals surface area (Å²) in [4.78, 5) is 0. The molecule has 17 heavy (non-hydrogen) atoms. The van der Waals surface area contributed by atoms with Gasteiger partial charge in [-0.3, -0.25) is 4.68 Å². The molecule has 0 radical (unpaired) electrons. The second-order valence-electron chi connectivity index (χ2n) is 3.89. The Hall–Kier alpha value is -1.89. The third-order valence-electron chi connectivity index (χ3n) is 2.67. The van der Waals surface area contributed by atoms with Crippen molar-refractivity contribution in [3.63, 3.8) is 0 Å². The third-order valence-corrected chi connectivity index (χ3v) is 2.67. The fourth-order valence-corrected chi connectivity index (χ4v) is 1.70. The summed E-state index contributed by atoms with van der Waals surface area (Å²) in [6.45, 7) is 2.75. The average molecular weight is 236 g/mol. The first-order valence-corrected chi connectivity index (χ1v) is 5.49. The SMILES string of the molecule is CCCn1nncc1C(O)c1cnn(C)c1N. The predicted molar refractivity (Wildman–Crippen MR) is 62.0 cm³/mol. The van der Waals surface area contributed by atoms with Gasteiger partial charge in [-0.1, -0.05) is 12.1 Å². The predicted octanol–water partition coefficient (Wildman–Crippen LogP) is 0.0855. The number of aryl methyl sites for hydroxylation is 2. The molecule has 2 aromatic heterocycles.